The van der Waals surface area contributed by atoms with Crippen LogP contribution in [0.3, 0.4) is 0 Å². The Morgan fingerprint density at radius 1 is 1.00 bits per heavy atom. The van der Waals surface area contributed by atoms with Gasteiger partial charge in [-0.25, -0.2) is 8.60 Å². The number of hydrogen-bond acceptors (Lipinski definition) is 3. The second kappa shape index (κ2) is 10.6. The summed E-state index contributed by atoms with van der Waals surface area (Å²) < 4.78 is 28.1. The molecule has 0 bridgehead atoms. The third-order valence-corrected chi connectivity index (χ3v) is 8.18. The number of benzene rings is 3. The van der Waals surface area contributed by atoms with E-state index in [2.05, 4.69) is 11.4 Å². The normalized spacial score (nSPS) is 17.0. The molecular formula is C29H27FN2O3S. The predicted octanol–water partition coefficient (Wildman–Crippen LogP) is 5.77. The van der Waals surface area contributed by atoms with Crippen LogP contribution in [0.2, 0.25) is 0 Å². The number of hydrogen-bond donors (Lipinski definition) is 1. The maximum absolute atomic E-state index is 14.6. The van der Waals surface area contributed by atoms with Crippen LogP contribution in [0.25, 0.3) is 0 Å². The molecule has 2 amide bonds. The van der Waals surface area contributed by atoms with Crippen molar-refractivity contribution in [3.05, 3.63) is 101 Å². The van der Waals surface area contributed by atoms with Gasteiger partial charge in [-0.3, -0.25) is 9.59 Å². The van der Waals surface area contributed by atoms with Crippen molar-refractivity contribution >= 4 is 28.3 Å². The molecule has 3 aromatic carbocycles. The molecule has 0 spiro atoms. The number of fused-ring (bicyclic) bond motifs is 2. The summed E-state index contributed by atoms with van der Waals surface area (Å²) in [5.74, 6) is -1.08. The zero-order valence-electron chi connectivity index (χ0n) is 19.8. The summed E-state index contributed by atoms with van der Waals surface area (Å²) in [6.07, 6.45) is 7.66. The van der Waals surface area contributed by atoms with Gasteiger partial charge >= 0.3 is 0 Å². The topological polar surface area (TPSA) is 66.5 Å². The van der Waals surface area contributed by atoms with Gasteiger partial charge in [0.2, 0.25) is 0 Å². The zero-order chi connectivity index (χ0) is 25.1. The number of allylic oxidation sites excluding steroid dienone is 1. The van der Waals surface area contributed by atoms with Crippen molar-refractivity contribution in [3.63, 3.8) is 0 Å². The van der Waals surface area contributed by atoms with E-state index in [9.17, 15) is 18.2 Å². The molecule has 1 aliphatic carbocycles. The van der Waals surface area contributed by atoms with Crippen LogP contribution in [0.15, 0.2) is 88.2 Å². The molecular weight excluding hydrogens is 475 g/mol. The van der Waals surface area contributed by atoms with E-state index >= 15 is 0 Å². The first-order valence-corrected chi connectivity index (χ1v) is 13.3. The highest BCUT2D eigenvalue weighted by atomic mass is 32.2. The smallest absolute Gasteiger partial charge is 0.259 e. The van der Waals surface area contributed by atoms with Crippen LogP contribution in [0, 0.1) is 5.82 Å². The van der Waals surface area contributed by atoms with E-state index < -0.39 is 16.6 Å². The van der Waals surface area contributed by atoms with Gasteiger partial charge in [-0.1, -0.05) is 42.0 Å². The molecule has 0 aromatic heterocycles. The van der Waals surface area contributed by atoms with E-state index in [0.29, 0.717) is 38.7 Å². The molecule has 2 aliphatic rings. The van der Waals surface area contributed by atoms with Gasteiger partial charge in [0, 0.05) is 17.7 Å². The standard InChI is InChI=1S/C29H27FN2O3S/c30-24-12-6-4-10-22(24)19-32-25-18-21(28(33)31-17-16-20-8-2-1-3-9-20)14-15-27(25)36(35)26-13-7-5-11-23(26)29(32)34/h4-8,10-15,18H,1-3,9,16-17,19H2,(H,31,33)/t36-/m1/s1. The molecule has 5 nitrogen and oxygen atoms in total. The van der Waals surface area contributed by atoms with Gasteiger partial charge in [-0.15, -0.1) is 0 Å². The minimum absolute atomic E-state index is 0.0523. The summed E-state index contributed by atoms with van der Waals surface area (Å²) >= 11 is 0. The molecule has 7 heteroatoms. The fourth-order valence-electron chi connectivity index (χ4n) is 4.73. The van der Waals surface area contributed by atoms with Crippen molar-refractivity contribution in [2.75, 3.05) is 11.4 Å². The van der Waals surface area contributed by atoms with Crippen LogP contribution in [0.5, 0.6) is 0 Å². The number of carbonyl (C=O) groups excluding carboxylic acids is 2. The van der Waals surface area contributed by atoms with Crippen LogP contribution in [-0.2, 0) is 17.3 Å². The molecule has 0 saturated heterocycles. The molecule has 3 aromatic rings. The number of amides is 2. The van der Waals surface area contributed by atoms with Gasteiger partial charge in [0.1, 0.15) is 5.82 Å². The summed E-state index contributed by atoms with van der Waals surface area (Å²) in [6.45, 7) is 0.472. The van der Waals surface area contributed by atoms with Gasteiger partial charge in [-0.05, 0) is 68.5 Å². The molecule has 0 saturated carbocycles. The first-order chi connectivity index (χ1) is 17.5. The van der Waals surface area contributed by atoms with Gasteiger partial charge in [-0.2, -0.15) is 0 Å². The maximum atomic E-state index is 14.6. The summed E-state index contributed by atoms with van der Waals surface area (Å²) in [5, 5.41) is 2.96. The molecule has 1 N–H and O–H groups in total. The van der Waals surface area contributed by atoms with Gasteiger partial charge in [0.05, 0.1) is 38.4 Å². The predicted molar refractivity (Wildman–Crippen MR) is 138 cm³/mol. The summed E-state index contributed by atoms with van der Waals surface area (Å²) in [6, 6.07) is 17.9. The zero-order valence-corrected chi connectivity index (χ0v) is 20.7. The molecule has 36 heavy (non-hydrogen) atoms. The first kappa shape index (κ1) is 24.1. The van der Waals surface area contributed by atoms with Crippen LogP contribution >= 0.6 is 0 Å². The van der Waals surface area contributed by atoms with Crippen molar-refractivity contribution in [2.24, 2.45) is 0 Å². The first-order valence-electron chi connectivity index (χ1n) is 12.2. The van der Waals surface area contributed by atoms with Gasteiger partial charge < -0.3 is 10.2 Å². The Bertz CT molecular complexity index is 1380. The highest BCUT2D eigenvalue weighted by molar-refractivity contribution is 7.85. The Labute approximate surface area is 212 Å². The second-order valence-electron chi connectivity index (χ2n) is 9.04. The lowest BCUT2D eigenvalue weighted by Crippen LogP contribution is -2.31. The molecule has 1 atom stereocenters. The van der Waals surface area contributed by atoms with E-state index in [1.807, 2.05) is 0 Å². The molecule has 1 heterocycles. The molecule has 0 unspecified atom stereocenters. The molecule has 0 radical (unpaired) electrons. The van der Waals surface area contributed by atoms with E-state index in [1.54, 1.807) is 60.7 Å². The van der Waals surface area contributed by atoms with Gasteiger partial charge in [0.25, 0.3) is 11.8 Å². The number of rotatable bonds is 6. The molecule has 1 aliphatic heterocycles. The number of halogens is 1. The quantitative estimate of drug-likeness (QED) is 0.435. The summed E-state index contributed by atoms with van der Waals surface area (Å²) in [7, 11) is -1.64. The minimum atomic E-state index is -1.64. The third kappa shape index (κ3) is 4.88. The average Bonchev–Trinajstić information content (AvgIpc) is 2.99. The van der Waals surface area contributed by atoms with Gasteiger partial charge in [0.15, 0.2) is 0 Å². The van der Waals surface area contributed by atoms with Crippen molar-refractivity contribution in [1.29, 1.82) is 0 Å². The van der Waals surface area contributed by atoms with E-state index in [4.69, 9.17) is 0 Å². The Balaban J connectivity index is 1.48. The number of nitrogens with zero attached hydrogens (tertiary/aromatic N) is 1. The SMILES string of the molecule is O=C(NCCC1=CCCCC1)c1ccc2c(c1)N(Cc1ccccc1F)C(=O)c1ccccc1[S@]2=O. The van der Waals surface area contributed by atoms with E-state index in [0.717, 1.165) is 19.3 Å². The highest BCUT2D eigenvalue weighted by Crippen LogP contribution is 2.36. The molecule has 184 valence electrons. The average molecular weight is 503 g/mol. The molecule has 0 fully saturated rings. The summed E-state index contributed by atoms with van der Waals surface area (Å²) in [4.78, 5) is 28.9. The number of anilines is 1. The Kier molecular flexibility index (Phi) is 7.09. The maximum Gasteiger partial charge on any atom is 0.259 e. The number of carbonyl (C=O) groups is 2. The number of nitrogens with one attached hydrogen (secondary N) is 1. The van der Waals surface area contributed by atoms with Crippen LogP contribution in [-0.4, -0.2) is 22.6 Å². The van der Waals surface area contributed by atoms with Crippen molar-refractivity contribution in [2.45, 2.75) is 48.4 Å². The van der Waals surface area contributed by atoms with Crippen LogP contribution in [0.4, 0.5) is 10.1 Å². The monoisotopic (exact) mass is 502 g/mol. The lowest BCUT2D eigenvalue weighted by Gasteiger charge is -2.24. The van der Waals surface area contributed by atoms with Crippen LogP contribution in [0.1, 0.15) is 58.4 Å². The molecule has 5 rings (SSSR count). The third-order valence-electron chi connectivity index (χ3n) is 6.68. The second-order valence-corrected chi connectivity index (χ2v) is 10.5. The van der Waals surface area contributed by atoms with E-state index in [-0.39, 0.29) is 18.4 Å². The van der Waals surface area contributed by atoms with Crippen molar-refractivity contribution in [3.8, 4) is 0 Å². The lowest BCUT2D eigenvalue weighted by atomic mass is 9.97. The van der Waals surface area contributed by atoms with Crippen LogP contribution < -0.4 is 10.2 Å². The van der Waals surface area contributed by atoms with Crippen molar-refractivity contribution < 1.29 is 18.2 Å². The minimum Gasteiger partial charge on any atom is -0.352 e. The highest BCUT2D eigenvalue weighted by Gasteiger charge is 2.32. The fraction of sp³-hybridized carbons (Fsp3) is 0.241. The fourth-order valence-corrected chi connectivity index (χ4v) is 6.07. The largest absolute Gasteiger partial charge is 0.352 e. The lowest BCUT2D eigenvalue weighted by molar-refractivity contribution is 0.0950. The van der Waals surface area contributed by atoms with E-state index in [1.165, 1.54) is 29.4 Å². The Morgan fingerprint density at radius 2 is 1.81 bits per heavy atom. The van der Waals surface area contributed by atoms with Crippen molar-refractivity contribution in [1.82, 2.24) is 5.32 Å². The summed E-state index contributed by atoms with van der Waals surface area (Å²) in [5.41, 5.74) is 2.71. The Hall–Kier alpha value is -3.58. The Morgan fingerprint density at radius 3 is 2.61 bits per heavy atom.